The van der Waals surface area contributed by atoms with Crippen molar-refractivity contribution in [2.75, 3.05) is 39.8 Å². The molecule has 1 N–H and O–H groups in total. The lowest BCUT2D eigenvalue weighted by Gasteiger charge is -2.29. The average molecular weight is 343 g/mol. The van der Waals surface area contributed by atoms with Gasteiger partial charge >= 0.3 is 6.18 Å². The van der Waals surface area contributed by atoms with Crippen molar-refractivity contribution in [3.05, 3.63) is 35.4 Å². The van der Waals surface area contributed by atoms with E-state index in [2.05, 4.69) is 5.32 Å². The zero-order valence-corrected chi connectivity index (χ0v) is 14.1. The number of carbonyl (C=O) groups excluding carboxylic acids is 1. The fourth-order valence-electron chi connectivity index (χ4n) is 2.77. The van der Waals surface area contributed by atoms with E-state index in [4.69, 9.17) is 0 Å². The van der Waals surface area contributed by atoms with Gasteiger partial charge < -0.3 is 10.2 Å². The normalized spacial score (nSPS) is 17.2. The van der Waals surface area contributed by atoms with Gasteiger partial charge in [-0.3, -0.25) is 9.69 Å². The largest absolute Gasteiger partial charge is 0.416 e. The molecule has 1 saturated heterocycles. The number of nitrogens with one attached hydrogen (secondary N) is 1. The van der Waals surface area contributed by atoms with Gasteiger partial charge in [0.2, 0.25) is 5.91 Å². The molecule has 1 unspecified atom stereocenters. The molecule has 7 heteroatoms. The maximum atomic E-state index is 12.8. The number of nitrogens with zero attached hydrogens (tertiary/aromatic N) is 2. The third-order valence-electron chi connectivity index (χ3n) is 4.51. The molecule has 134 valence electrons. The van der Waals surface area contributed by atoms with Gasteiger partial charge in [0, 0.05) is 45.2 Å². The van der Waals surface area contributed by atoms with Gasteiger partial charge in [0.05, 0.1) is 5.56 Å². The van der Waals surface area contributed by atoms with Crippen LogP contribution < -0.4 is 5.32 Å². The van der Waals surface area contributed by atoms with Crippen LogP contribution in [0.15, 0.2) is 24.3 Å². The average Bonchev–Trinajstić information content (AvgIpc) is 2.58. The second kappa shape index (κ2) is 7.98. The second-order valence-corrected chi connectivity index (χ2v) is 6.16. The Morgan fingerprint density at radius 2 is 2.00 bits per heavy atom. The van der Waals surface area contributed by atoms with E-state index in [-0.39, 0.29) is 11.9 Å². The van der Waals surface area contributed by atoms with E-state index in [1.807, 2.05) is 23.8 Å². The molecule has 4 nitrogen and oxygen atoms in total. The van der Waals surface area contributed by atoms with Crippen LogP contribution >= 0.6 is 0 Å². The first kappa shape index (κ1) is 18.7. The van der Waals surface area contributed by atoms with E-state index in [9.17, 15) is 18.0 Å². The number of amides is 1. The van der Waals surface area contributed by atoms with Gasteiger partial charge in [0.15, 0.2) is 0 Å². The lowest BCUT2D eigenvalue weighted by molar-refractivity contribution is -0.137. The molecule has 1 heterocycles. The van der Waals surface area contributed by atoms with Crippen LogP contribution in [-0.4, -0.2) is 55.5 Å². The van der Waals surface area contributed by atoms with Crippen LogP contribution in [0.4, 0.5) is 13.2 Å². The van der Waals surface area contributed by atoms with Crippen LogP contribution in [0.3, 0.4) is 0 Å². The Bertz CT molecular complexity index is 556. The van der Waals surface area contributed by atoms with E-state index < -0.39 is 11.7 Å². The molecule has 0 aliphatic carbocycles. The summed E-state index contributed by atoms with van der Waals surface area (Å²) in [6.07, 6.45) is -3.97. The predicted octanol–water partition coefficient (Wildman–Crippen LogP) is 2.52. The highest BCUT2D eigenvalue weighted by Gasteiger charge is 2.31. The van der Waals surface area contributed by atoms with Crippen molar-refractivity contribution in [2.24, 2.45) is 0 Å². The highest BCUT2D eigenvalue weighted by molar-refractivity contribution is 5.76. The minimum absolute atomic E-state index is 0.0968. The molecule has 1 fully saturated rings. The molecular formula is C17H24F3N3O. The highest BCUT2D eigenvalue weighted by atomic mass is 19.4. The molecule has 1 aliphatic rings. The van der Waals surface area contributed by atoms with Crippen molar-refractivity contribution in [3.63, 3.8) is 0 Å². The lowest BCUT2D eigenvalue weighted by atomic mass is 10.0. The maximum absolute atomic E-state index is 12.8. The number of carbonyl (C=O) groups is 1. The Labute approximate surface area is 140 Å². The molecule has 0 radical (unpaired) electrons. The van der Waals surface area contributed by atoms with Crippen LogP contribution in [0, 0.1) is 0 Å². The van der Waals surface area contributed by atoms with Crippen LogP contribution in [0.25, 0.3) is 0 Å². The third kappa shape index (κ3) is 4.95. The number of hydrogen-bond donors (Lipinski definition) is 1. The van der Waals surface area contributed by atoms with E-state index in [0.717, 1.165) is 19.2 Å². The summed E-state index contributed by atoms with van der Waals surface area (Å²) in [6.45, 7) is 5.41. The molecule has 0 aromatic heterocycles. The first-order chi connectivity index (χ1) is 11.3. The first-order valence-corrected chi connectivity index (χ1v) is 8.15. The highest BCUT2D eigenvalue weighted by Crippen LogP contribution is 2.31. The number of hydrogen-bond acceptors (Lipinski definition) is 3. The lowest BCUT2D eigenvalue weighted by Crippen LogP contribution is -2.47. The summed E-state index contributed by atoms with van der Waals surface area (Å²) in [7, 11) is 1.83. The van der Waals surface area contributed by atoms with Crippen molar-refractivity contribution in [1.29, 1.82) is 0 Å². The minimum atomic E-state index is -4.34. The van der Waals surface area contributed by atoms with Gasteiger partial charge in [0.1, 0.15) is 0 Å². The fraction of sp³-hybridized carbons (Fsp3) is 0.588. The SMILES string of the molecule is CC(c1cccc(C(F)(F)F)c1)N(C)CCC(=O)N1CCNCC1. The Hall–Kier alpha value is -1.60. The smallest absolute Gasteiger partial charge is 0.340 e. The fourth-order valence-corrected chi connectivity index (χ4v) is 2.77. The number of piperazine rings is 1. The first-order valence-electron chi connectivity index (χ1n) is 8.15. The maximum Gasteiger partial charge on any atom is 0.416 e. The molecule has 0 saturated carbocycles. The summed E-state index contributed by atoms with van der Waals surface area (Å²) in [5, 5.41) is 3.20. The molecule has 24 heavy (non-hydrogen) atoms. The van der Waals surface area contributed by atoms with Gasteiger partial charge in [-0.05, 0) is 31.7 Å². The van der Waals surface area contributed by atoms with Crippen LogP contribution in [-0.2, 0) is 11.0 Å². The van der Waals surface area contributed by atoms with E-state index >= 15 is 0 Å². The van der Waals surface area contributed by atoms with Crippen molar-refractivity contribution >= 4 is 5.91 Å². The third-order valence-corrected chi connectivity index (χ3v) is 4.51. The molecular weight excluding hydrogens is 319 g/mol. The van der Waals surface area contributed by atoms with Gasteiger partial charge in [-0.15, -0.1) is 0 Å². The quantitative estimate of drug-likeness (QED) is 0.892. The zero-order chi connectivity index (χ0) is 17.7. The second-order valence-electron chi connectivity index (χ2n) is 6.16. The molecule has 1 aromatic rings. The van der Waals surface area contributed by atoms with E-state index in [1.54, 1.807) is 6.07 Å². The molecule has 1 amide bonds. The van der Waals surface area contributed by atoms with Crippen LogP contribution in [0.2, 0.25) is 0 Å². The van der Waals surface area contributed by atoms with Gasteiger partial charge in [-0.2, -0.15) is 13.2 Å². The standard InChI is InChI=1S/C17H24F3N3O/c1-13(14-4-3-5-15(12-14)17(18,19)20)22(2)9-6-16(24)23-10-7-21-8-11-23/h3-5,12-13,21H,6-11H2,1-2H3. The minimum Gasteiger partial charge on any atom is -0.340 e. The molecule has 1 atom stereocenters. The molecule has 2 rings (SSSR count). The summed E-state index contributed by atoms with van der Waals surface area (Å²) in [6, 6.07) is 5.18. The molecule has 1 aliphatic heterocycles. The summed E-state index contributed by atoms with van der Waals surface area (Å²) in [5.74, 6) is 0.0968. The van der Waals surface area contributed by atoms with Crippen LogP contribution in [0.1, 0.15) is 30.5 Å². The number of alkyl halides is 3. The van der Waals surface area contributed by atoms with Crippen molar-refractivity contribution in [2.45, 2.75) is 25.6 Å². The Morgan fingerprint density at radius 3 is 2.62 bits per heavy atom. The van der Waals surface area contributed by atoms with E-state index in [1.165, 1.54) is 12.1 Å². The van der Waals surface area contributed by atoms with Gasteiger partial charge in [0.25, 0.3) is 0 Å². The van der Waals surface area contributed by atoms with Gasteiger partial charge in [-0.1, -0.05) is 12.1 Å². The zero-order valence-electron chi connectivity index (χ0n) is 14.1. The number of halogens is 3. The number of benzene rings is 1. The van der Waals surface area contributed by atoms with Gasteiger partial charge in [-0.25, -0.2) is 0 Å². The van der Waals surface area contributed by atoms with Crippen molar-refractivity contribution in [3.8, 4) is 0 Å². The summed E-state index contributed by atoms with van der Waals surface area (Å²) >= 11 is 0. The van der Waals surface area contributed by atoms with Crippen molar-refractivity contribution in [1.82, 2.24) is 15.1 Å². The van der Waals surface area contributed by atoms with E-state index in [0.29, 0.717) is 31.6 Å². The topological polar surface area (TPSA) is 35.6 Å². The van der Waals surface area contributed by atoms with Crippen molar-refractivity contribution < 1.29 is 18.0 Å². The monoisotopic (exact) mass is 343 g/mol. The summed E-state index contributed by atoms with van der Waals surface area (Å²) < 4.78 is 38.5. The summed E-state index contributed by atoms with van der Waals surface area (Å²) in [4.78, 5) is 15.9. The molecule has 0 bridgehead atoms. The summed E-state index contributed by atoms with van der Waals surface area (Å²) in [5.41, 5.74) is -0.0425. The Morgan fingerprint density at radius 1 is 1.33 bits per heavy atom. The molecule has 0 spiro atoms. The Kier molecular flexibility index (Phi) is 6.23. The predicted molar refractivity (Wildman–Crippen MR) is 86.6 cm³/mol. The Balaban J connectivity index is 1.92. The number of rotatable bonds is 5. The molecule has 1 aromatic carbocycles. The van der Waals surface area contributed by atoms with Crippen LogP contribution in [0.5, 0.6) is 0 Å².